The van der Waals surface area contributed by atoms with Gasteiger partial charge in [-0.05, 0) is 89.2 Å². The van der Waals surface area contributed by atoms with Crippen LogP contribution in [-0.2, 0) is 46.4 Å². The molecule has 662 valence electrons. The third kappa shape index (κ3) is 17.3. The van der Waals surface area contributed by atoms with Crippen molar-refractivity contribution in [2.24, 2.45) is 7.05 Å². The third-order valence-corrected chi connectivity index (χ3v) is 29.0. The van der Waals surface area contributed by atoms with E-state index in [4.69, 9.17) is 52.3 Å². The third-order valence-electron chi connectivity index (χ3n) is 22.5. The number of sulfone groups is 4. The van der Waals surface area contributed by atoms with Crippen LogP contribution in [0.3, 0.4) is 0 Å². The Morgan fingerprint density at radius 1 is 0.398 bits per heavy atom. The molecule has 15 aromatic rings. The molecule has 4 fully saturated rings. The number of pyridine rings is 4. The second-order valence-electron chi connectivity index (χ2n) is 31.1. The Hall–Kier alpha value is -14.4. The van der Waals surface area contributed by atoms with Crippen LogP contribution in [0.1, 0.15) is 74.7 Å². The summed E-state index contributed by atoms with van der Waals surface area (Å²) in [6.45, 7) is 9.54. The van der Waals surface area contributed by atoms with Gasteiger partial charge < -0.3 is 61.1 Å². The smallest absolute Gasteiger partial charge is 0.215 e. The van der Waals surface area contributed by atoms with Crippen molar-refractivity contribution in [3.8, 4) is 73.1 Å². The highest BCUT2D eigenvalue weighted by Gasteiger charge is 2.35. The van der Waals surface area contributed by atoms with E-state index in [1.54, 1.807) is 79.8 Å². The summed E-state index contributed by atoms with van der Waals surface area (Å²) >= 11 is 0. The van der Waals surface area contributed by atoms with Crippen LogP contribution in [0, 0.1) is 6.92 Å². The lowest BCUT2D eigenvalue weighted by Gasteiger charge is -2.29. The Labute approximate surface area is 732 Å². The van der Waals surface area contributed by atoms with Gasteiger partial charge in [-0.3, -0.25) is 34.1 Å². The average Bonchev–Trinajstić information content (AvgIpc) is 1.57. The summed E-state index contributed by atoms with van der Waals surface area (Å²) in [5.41, 5.74) is 38.8. The second-order valence-corrected chi connectivity index (χ2v) is 40.3. The molecule has 0 unspecified atom stereocenters. The molecule has 0 bridgehead atoms. The summed E-state index contributed by atoms with van der Waals surface area (Å²) in [4.78, 5) is 93.4. The quantitative estimate of drug-likeness (QED) is 0.0748. The van der Waals surface area contributed by atoms with Gasteiger partial charge in [0.15, 0.2) is 85.1 Å². The summed E-state index contributed by atoms with van der Waals surface area (Å²) < 4.78 is 115. The molecule has 8 N–H and O–H groups in total. The zero-order valence-electron chi connectivity index (χ0n) is 70.7. The number of carbonyl (C=O) groups excluding carboxylic acids is 4. The number of aryl methyl sites for hydroxylation is 2. The first-order chi connectivity index (χ1) is 61.1. The Morgan fingerprint density at radius 2 is 0.789 bits per heavy atom. The molecule has 0 atom stereocenters. The molecule has 0 saturated carbocycles. The number of methoxy groups -OCH3 is 2. The maximum atomic E-state index is 12.4. The van der Waals surface area contributed by atoms with Crippen LogP contribution in [0.2, 0.25) is 0 Å². The number of rotatable bonds is 16. The van der Waals surface area contributed by atoms with Crippen molar-refractivity contribution in [2.45, 2.75) is 34.6 Å². The van der Waals surface area contributed by atoms with Gasteiger partial charge in [0.1, 0.15) is 74.5 Å². The number of ketones is 4. The van der Waals surface area contributed by atoms with Crippen molar-refractivity contribution in [1.82, 2.24) is 87.5 Å². The molecule has 18 heterocycles. The largest absolute Gasteiger partial charge is 0.497 e. The number of Topliss-reactive ketones (excluding diaryl/α,β-unsaturated/α-hetero) is 4. The lowest BCUT2D eigenvalue weighted by Crippen LogP contribution is -2.41. The molecule has 44 heteroatoms. The van der Waals surface area contributed by atoms with Gasteiger partial charge in [0.25, 0.3) is 0 Å². The van der Waals surface area contributed by atoms with Gasteiger partial charge in [-0.15, -0.1) is 0 Å². The molecule has 0 amide bonds. The van der Waals surface area contributed by atoms with Crippen molar-refractivity contribution in [3.05, 3.63) is 175 Å². The lowest BCUT2D eigenvalue weighted by molar-refractivity contribution is 0.100. The van der Waals surface area contributed by atoms with Crippen LogP contribution in [0.25, 0.3) is 94.9 Å². The second kappa shape index (κ2) is 34.5. The number of nitrogens with zero attached hydrogens (tertiary/aromatic N) is 22. The Kier molecular flexibility index (Phi) is 23.5. The molecule has 4 aliphatic heterocycles. The highest BCUT2D eigenvalue weighted by Crippen LogP contribution is 2.39. The monoisotopic (exact) mass is 1810 g/mol. The molecular formula is C84H88N26O14S4. The van der Waals surface area contributed by atoms with Crippen LogP contribution in [0.4, 0.5) is 46.5 Å². The summed E-state index contributed by atoms with van der Waals surface area (Å²) in [7, 11) is -7.23. The van der Waals surface area contributed by atoms with E-state index in [9.17, 15) is 52.8 Å². The van der Waals surface area contributed by atoms with Gasteiger partial charge in [0, 0.05) is 176 Å². The number of nitrogens with two attached hydrogens (primary N) is 4. The number of carbonyl (C=O) groups is 4. The molecule has 1 aromatic carbocycles. The van der Waals surface area contributed by atoms with Gasteiger partial charge >= 0.3 is 0 Å². The molecule has 40 nitrogen and oxygen atoms in total. The molecule has 14 aromatic heterocycles. The van der Waals surface area contributed by atoms with Gasteiger partial charge in [-0.1, -0.05) is 6.07 Å². The Balaban J connectivity index is 0.000000125. The van der Waals surface area contributed by atoms with Crippen molar-refractivity contribution >= 4 is 143 Å². The SMILES string of the molecule is CC(=O)c1c(N2CCS(=O)(=O)CC2)nc2c(-c3ccc(-c4ccn(C)c4)nc3)cnn2c1N.CC(=O)c1c(N2CCS(=O)(=O)CC2)nc2c(-c3ccn(-c4cccnc4)c3)cnn2c1N.COc1ccc2cc(-c3cnn4c(N)c(C(C)=O)c(N5CCS(=O)(=O)CC5)nc34)cnc2c1.COc1ncc(-c2cnn3c(N)c(C(C)=O)c(N4CCS(=O)(=O)CC4)nc23)cc1C. The maximum Gasteiger partial charge on any atom is 0.215 e. The minimum Gasteiger partial charge on any atom is -0.497 e. The Bertz CT molecular complexity index is 7420. The average molecular weight is 1810 g/mol. The summed E-state index contributed by atoms with van der Waals surface area (Å²) in [6, 6.07) is 21.1. The molecule has 0 aliphatic carbocycles. The van der Waals surface area contributed by atoms with Crippen LogP contribution < -0.4 is 52.0 Å². The van der Waals surface area contributed by atoms with Crippen molar-refractivity contribution in [3.63, 3.8) is 0 Å². The van der Waals surface area contributed by atoms with E-state index >= 15 is 0 Å². The maximum absolute atomic E-state index is 12.4. The Morgan fingerprint density at radius 3 is 1.15 bits per heavy atom. The van der Waals surface area contributed by atoms with E-state index in [2.05, 4.69) is 40.3 Å². The van der Waals surface area contributed by atoms with E-state index in [0.717, 1.165) is 72.5 Å². The van der Waals surface area contributed by atoms with Crippen molar-refractivity contribution in [2.75, 3.05) is 155 Å². The molecule has 19 rings (SSSR count). The number of ether oxygens (including phenoxy) is 2. The highest BCUT2D eigenvalue weighted by molar-refractivity contribution is 7.92. The molecule has 128 heavy (non-hydrogen) atoms. The zero-order chi connectivity index (χ0) is 90.7. The minimum atomic E-state index is -3.10. The van der Waals surface area contributed by atoms with Crippen molar-refractivity contribution in [1.29, 1.82) is 0 Å². The predicted molar refractivity (Wildman–Crippen MR) is 485 cm³/mol. The van der Waals surface area contributed by atoms with Gasteiger partial charge in [0.2, 0.25) is 5.88 Å². The molecule has 4 saturated heterocycles. The van der Waals surface area contributed by atoms with E-state index in [-0.39, 0.29) is 167 Å². The number of hydrogen-bond acceptors (Lipinski definition) is 34. The summed E-state index contributed by atoms with van der Waals surface area (Å²) in [5.74, 6) is 2.50. The van der Waals surface area contributed by atoms with E-state index < -0.39 is 39.3 Å². The highest BCUT2D eigenvalue weighted by atomic mass is 32.2. The number of fused-ring (bicyclic) bond motifs is 5. The fourth-order valence-electron chi connectivity index (χ4n) is 15.7. The van der Waals surface area contributed by atoms with Crippen LogP contribution >= 0.6 is 0 Å². The van der Waals surface area contributed by atoms with Gasteiger partial charge in [0.05, 0.1) is 108 Å². The standard InChI is InChI=1S/C22H23N7O3S.C22H22N6O4S.C21H21N7O3S.C19H22N6O4S/c1-14(30)19-20(23)29-21(26-22(19)28-7-9-33(31,32)10-8-28)17(12-25-29)15-3-4-18(24-11-15)16-5-6-27(2)13-16;1-13(29)19-20(23)28-21(26-22(19)27-5-7-33(30,31)8-6-27)17(12-25-28)15-9-14-3-4-16(32-2)10-18(14)24-11-15;1-14(29)18-19(22)28-20(25-21(18)26-7-9-32(30,31)10-8-26)17(12-24-28)15-4-6-27(13-15)16-3-2-5-23-11-16;1-11-8-13(9-21-19(11)29-3)14-10-22-25-16(20)15(12(2)26)18(23-17(14)25)24-4-6-30(27,28)7-5-24/h3-6,11-13H,7-10,23H2,1-2H3;3-4,9-12H,5-8,23H2,1-2H3;2-6,11-13H,7-10,22H2,1H3;8-10H,4-7,20H2,1-3H3. The van der Waals surface area contributed by atoms with E-state index in [1.807, 2.05) is 124 Å². The van der Waals surface area contributed by atoms with Crippen LogP contribution in [0.15, 0.2) is 147 Å². The van der Waals surface area contributed by atoms with Gasteiger partial charge in [-0.2, -0.15) is 38.5 Å². The predicted octanol–water partition coefficient (Wildman–Crippen LogP) is 6.52. The topological polar surface area (TPSA) is 523 Å². The molecular weight excluding hydrogens is 1730 g/mol. The number of benzene rings is 1. The number of nitrogen functional groups attached to an aromatic ring is 4. The first-order valence-corrected chi connectivity index (χ1v) is 47.5. The summed E-state index contributed by atoms with van der Waals surface area (Å²) in [5, 5.41) is 18.3. The molecule has 0 spiro atoms. The zero-order valence-corrected chi connectivity index (χ0v) is 73.9. The number of hydrogen-bond donors (Lipinski definition) is 4. The molecule has 0 radical (unpaired) electrons. The lowest BCUT2D eigenvalue weighted by atomic mass is 10.1. The fourth-order valence-corrected chi connectivity index (χ4v) is 20.5. The van der Waals surface area contributed by atoms with Crippen molar-refractivity contribution < 1.29 is 62.3 Å². The van der Waals surface area contributed by atoms with Gasteiger partial charge in [-0.25, -0.2) is 58.6 Å². The van der Waals surface area contributed by atoms with Crippen LogP contribution in [-0.4, -0.2) is 257 Å². The molecule has 4 aliphatic rings. The fraction of sp³-hybridized carbons (Fsp3) is 0.286. The van der Waals surface area contributed by atoms with E-state index in [0.29, 0.717) is 62.9 Å². The first kappa shape index (κ1) is 87.1. The minimum absolute atomic E-state index is 0.00128. The number of anilines is 8. The van der Waals surface area contributed by atoms with Crippen LogP contribution in [0.5, 0.6) is 11.6 Å². The number of aromatic nitrogens is 18. The normalized spacial score (nSPS) is 15.8. The first-order valence-electron chi connectivity index (χ1n) is 40.2. The summed E-state index contributed by atoms with van der Waals surface area (Å²) in [6.07, 6.45) is 23.0. The van der Waals surface area contributed by atoms with E-state index in [1.165, 1.54) is 45.8 Å².